The Morgan fingerprint density at radius 2 is 0.821 bits per heavy atom. The zero-order valence-electron chi connectivity index (χ0n) is 16.1. The molecular weight excluding hydrogens is 344 g/mol. The molecule has 2 aliphatic heterocycles. The maximum atomic E-state index is 4.80. The number of nitrogens with zero attached hydrogens (tertiary/aromatic N) is 4. The van der Waals surface area contributed by atoms with Gasteiger partial charge in [0.25, 0.3) is 0 Å². The van der Waals surface area contributed by atoms with E-state index in [4.69, 9.17) is 9.97 Å². The predicted octanol–water partition coefficient (Wildman–Crippen LogP) is 5.64. The molecule has 5 heterocycles. The first-order valence-corrected chi connectivity index (χ1v) is 9.79. The third kappa shape index (κ3) is 2.87. The van der Waals surface area contributed by atoms with Crippen LogP contribution in [0.4, 0.5) is 0 Å². The Morgan fingerprint density at radius 1 is 0.536 bits per heavy atom. The fraction of sp³-hybridized carbons (Fsp3) is 0.167. The van der Waals surface area contributed by atoms with Crippen molar-refractivity contribution in [1.82, 2.24) is 19.1 Å². The summed E-state index contributed by atoms with van der Waals surface area (Å²) < 4.78 is 4.57. The fourth-order valence-corrected chi connectivity index (χ4v) is 3.95. The Balaban J connectivity index is 1.90. The number of rotatable bonds is 2. The van der Waals surface area contributed by atoms with Gasteiger partial charge in [-0.15, -0.1) is 0 Å². The van der Waals surface area contributed by atoms with E-state index in [2.05, 4.69) is 95.8 Å². The molecule has 0 saturated heterocycles. The first kappa shape index (κ1) is 16.8. The maximum Gasteiger partial charge on any atom is 0.0658 e. The lowest BCUT2D eigenvalue weighted by Crippen LogP contribution is -1.93. The standard InChI is InChI=1S/C24H22N4/c1-3-27-21-9-10-22(27)14-18-6-8-20(26-18)16-24-12-11-23(28(24)4-2)15-19-7-5-17(13-21)25-19/h5-16H,3-4H2,1-2H3. The lowest BCUT2D eigenvalue weighted by Gasteiger charge is -2.01. The van der Waals surface area contributed by atoms with Crippen molar-refractivity contribution in [2.75, 3.05) is 0 Å². The van der Waals surface area contributed by atoms with Gasteiger partial charge in [-0.25, -0.2) is 9.97 Å². The molecule has 8 bridgehead atoms. The molecule has 0 spiro atoms. The molecule has 0 aliphatic carbocycles. The molecule has 0 fully saturated rings. The van der Waals surface area contributed by atoms with Crippen LogP contribution in [0, 0.1) is 0 Å². The summed E-state index contributed by atoms with van der Waals surface area (Å²) in [4.78, 5) is 9.60. The molecule has 5 rings (SSSR count). The topological polar surface area (TPSA) is 35.6 Å². The summed E-state index contributed by atoms with van der Waals surface area (Å²) in [6.45, 7) is 6.13. The fourth-order valence-electron chi connectivity index (χ4n) is 3.95. The second-order valence-corrected chi connectivity index (χ2v) is 7.02. The molecule has 3 aromatic heterocycles. The highest BCUT2D eigenvalue weighted by molar-refractivity contribution is 5.78. The second-order valence-electron chi connectivity index (χ2n) is 7.02. The van der Waals surface area contributed by atoms with Crippen molar-refractivity contribution in [1.29, 1.82) is 0 Å². The van der Waals surface area contributed by atoms with Gasteiger partial charge in [0.2, 0.25) is 0 Å². The highest BCUT2D eigenvalue weighted by Gasteiger charge is 2.05. The van der Waals surface area contributed by atoms with Crippen LogP contribution >= 0.6 is 0 Å². The summed E-state index contributed by atoms with van der Waals surface area (Å²) in [7, 11) is 0. The van der Waals surface area contributed by atoms with Gasteiger partial charge in [0.15, 0.2) is 0 Å². The summed E-state index contributed by atoms with van der Waals surface area (Å²) in [5.41, 5.74) is 8.54. The summed E-state index contributed by atoms with van der Waals surface area (Å²) in [6, 6.07) is 17.2. The lowest BCUT2D eigenvalue weighted by molar-refractivity contribution is 0.824. The van der Waals surface area contributed by atoms with Crippen molar-refractivity contribution < 1.29 is 0 Å². The molecule has 4 nitrogen and oxygen atoms in total. The molecule has 138 valence electrons. The van der Waals surface area contributed by atoms with Gasteiger partial charge < -0.3 is 9.13 Å². The number of aryl methyl sites for hydroxylation is 2. The van der Waals surface area contributed by atoms with Crippen LogP contribution in [0.25, 0.3) is 46.4 Å². The van der Waals surface area contributed by atoms with Crippen molar-refractivity contribution in [2.45, 2.75) is 26.9 Å². The summed E-state index contributed by atoms with van der Waals surface area (Å²) in [6.07, 6.45) is 8.32. The molecule has 0 aromatic carbocycles. The van der Waals surface area contributed by atoms with Gasteiger partial charge in [-0.2, -0.15) is 0 Å². The SMILES string of the molecule is CCn1c2ccc1cc1nc(cc3ccc(cc4nc(c2)C=C4)n3CC)C=C1. The van der Waals surface area contributed by atoms with E-state index in [-0.39, 0.29) is 0 Å². The van der Waals surface area contributed by atoms with E-state index in [1.165, 1.54) is 0 Å². The molecule has 4 heteroatoms. The van der Waals surface area contributed by atoms with Crippen molar-refractivity contribution in [3.63, 3.8) is 0 Å². The minimum atomic E-state index is 0.898. The zero-order valence-corrected chi connectivity index (χ0v) is 16.1. The van der Waals surface area contributed by atoms with Crippen molar-refractivity contribution in [3.8, 4) is 0 Å². The Morgan fingerprint density at radius 3 is 1.07 bits per heavy atom. The predicted molar refractivity (Wildman–Crippen MR) is 117 cm³/mol. The molecular formula is C24H22N4. The van der Waals surface area contributed by atoms with Crippen LogP contribution in [0.2, 0.25) is 0 Å². The second kappa shape index (κ2) is 6.64. The van der Waals surface area contributed by atoms with Gasteiger partial charge >= 0.3 is 0 Å². The van der Waals surface area contributed by atoms with E-state index in [1.54, 1.807) is 0 Å². The average Bonchev–Trinajstić information content (AvgIpc) is 3.46. The lowest BCUT2D eigenvalue weighted by atomic mass is 10.3. The van der Waals surface area contributed by atoms with Gasteiger partial charge in [-0.3, -0.25) is 0 Å². The highest BCUT2D eigenvalue weighted by Crippen LogP contribution is 2.20. The van der Waals surface area contributed by atoms with Crippen LogP contribution in [-0.4, -0.2) is 19.1 Å². The van der Waals surface area contributed by atoms with E-state index in [0.29, 0.717) is 0 Å². The Bertz CT molecular complexity index is 1100. The van der Waals surface area contributed by atoms with Crippen molar-refractivity contribution in [3.05, 3.63) is 71.3 Å². The largest absolute Gasteiger partial charge is 0.342 e. The summed E-state index contributed by atoms with van der Waals surface area (Å²) in [5, 5.41) is 0. The van der Waals surface area contributed by atoms with E-state index < -0.39 is 0 Å². The van der Waals surface area contributed by atoms with E-state index in [0.717, 1.165) is 57.9 Å². The van der Waals surface area contributed by atoms with E-state index in [1.807, 2.05) is 0 Å². The molecule has 0 saturated carbocycles. The minimum Gasteiger partial charge on any atom is -0.342 e. The monoisotopic (exact) mass is 366 g/mol. The third-order valence-corrected chi connectivity index (χ3v) is 5.28. The maximum absolute atomic E-state index is 4.80. The van der Waals surface area contributed by atoms with Gasteiger partial charge in [0.1, 0.15) is 0 Å². The molecule has 3 aromatic rings. The Hall–Kier alpha value is -3.40. The Labute approximate surface area is 164 Å². The number of hydrogen-bond donors (Lipinski definition) is 0. The number of aromatic nitrogens is 4. The van der Waals surface area contributed by atoms with Crippen LogP contribution in [-0.2, 0) is 13.1 Å². The first-order chi connectivity index (χ1) is 13.7. The highest BCUT2D eigenvalue weighted by atomic mass is 15.0. The smallest absolute Gasteiger partial charge is 0.0658 e. The normalized spacial score (nSPS) is 12.6. The van der Waals surface area contributed by atoms with Gasteiger partial charge in [-0.05, 0) is 86.7 Å². The van der Waals surface area contributed by atoms with Crippen LogP contribution in [0.15, 0.2) is 48.5 Å². The zero-order chi connectivity index (χ0) is 19.1. The van der Waals surface area contributed by atoms with Crippen molar-refractivity contribution >= 4 is 46.4 Å². The van der Waals surface area contributed by atoms with Crippen LogP contribution in [0.1, 0.15) is 36.6 Å². The number of fused-ring (bicyclic) bond motifs is 8. The van der Waals surface area contributed by atoms with Gasteiger partial charge in [0, 0.05) is 35.2 Å². The van der Waals surface area contributed by atoms with Crippen LogP contribution in [0.5, 0.6) is 0 Å². The van der Waals surface area contributed by atoms with Crippen LogP contribution < -0.4 is 0 Å². The Kier molecular flexibility index (Phi) is 3.97. The summed E-state index contributed by atoms with van der Waals surface area (Å²) >= 11 is 0. The minimum absolute atomic E-state index is 0.898. The summed E-state index contributed by atoms with van der Waals surface area (Å²) in [5.74, 6) is 0. The first-order valence-electron chi connectivity index (χ1n) is 9.79. The number of hydrogen-bond acceptors (Lipinski definition) is 2. The molecule has 0 N–H and O–H groups in total. The molecule has 2 aliphatic rings. The van der Waals surface area contributed by atoms with Gasteiger partial charge in [0.05, 0.1) is 22.8 Å². The quantitative estimate of drug-likeness (QED) is 0.405. The molecule has 0 unspecified atom stereocenters. The molecule has 0 amide bonds. The van der Waals surface area contributed by atoms with Crippen LogP contribution in [0.3, 0.4) is 0 Å². The average molecular weight is 366 g/mol. The van der Waals surface area contributed by atoms with E-state index in [9.17, 15) is 0 Å². The van der Waals surface area contributed by atoms with Crippen molar-refractivity contribution in [2.24, 2.45) is 0 Å². The molecule has 0 atom stereocenters. The molecule has 28 heavy (non-hydrogen) atoms. The van der Waals surface area contributed by atoms with E-state index >= 15 is 0 Å². The van der Waals surface area contributed by atoms with Gasteiger partial charge in [-0.1, -0.05) is 0 Å². The third-order valence-electron chi connectivity index (χ3n) is 5.28. The molecule has 0 radical (unpaired) electrons.